The molecule has 2 heterocycles. The maximum Gasteiger partial charge on any atom is 0.234 e. The zero-order valence-corrected chi connectivity index (χ0v) is 14.8. The van der Waals surface area contributed by atoms with Crippen LogP contribution in [-0.4, -0.2) is 48.6 Å². The van der Waals surface area contributed by atoms with Crippen molar-refractivity contribution in [2.24, 2.45) is 0 Å². The van der Waals surface area contributed by atoms with Crippen LogP contribution in [-0.2, 0) is 16.0 Å². The molecule has 1 aromatic heterocycles. The molecule has 1 N–H and O–H groups in total. The van der Waals surface area contributed by atoms with Crippen LogP contribution in [0.25, 0.3) is 0 Å². The van der Waals surface area contributed by atoms with E-state index in [0.717, 1.165) is 36.6 Å². The maximum absolute atomic E-state index is 12.1. The summed E-state index contributed by atoms with van der Waals surface area (Å²) in [6, 6.07) is 0.200. The minimum absolute atomic E-state index is 0.0581. The second-order valence-electron chi connectivity index (χ2n) is 5.94. The Kier molecular flexibility index (Phi) is 6.35. The van der Waals surface area contributed by atoms with Gasteiger partial charge in [-0.25, -0.2) is 4.98 Å². The third kappa shape index (κ3) is 4.51. The van der Waals surface area contributed by atoms with Gasteiger partial charge in [-0.05, 0) is 40.2 Å². The number of aromatic nitrogens is 1. The number of rotatable bonds is 7. The van der Waals surface area contributed by atoms with Gasteiger partial charge in [0.2, 0.25) is 5.91 Å². The molecule has 1 aromatic rings. The fraction of sp³-hybridized carbons (Fsp3) is 0.750. The average Bonchev–Trinajstić information content (AvgIpc) is 3.13. The van der Waals surface area contributed by atoms with Gasteiger partial charge in [-0.3, -0.25) is 9.69 Å². The Morgan fingerprint density at radius 3 is 2.95 bits per heavy atom. The molecule has 1 fully saturated rings. The van der Waals surface area contributed by atoms with E-state index in [1.165, 1.54) is 4.88 Å². The molecule has 1 amide bonds. The molecule has 124 valence electrons. The largest absolute Gasteiger partial charge is 0.376 e. The van der Waals surface area contributed by atoms with E-state index in [1.807, 2.05) is 14.0 Å². The standard InChI is InChI=1S/C16H27N3O2S/c1-5-15-18-11(2)16(22-15)12(3)19(4)10-14(20)17-9-13-7-6-8-21-13/h12-13H,5-10H2,1-4H3,(H,17,20)/t12-,13-/m0/s1. The molecular formula is C16H27N3O2S. The molecule has 5 nitrogen and oxygen atoms in total. The van der Waals surface area contributed by atoms with Gasteiger partial charge in [0.15, 0.2) is 0 Å². The highest BCUT2D eigenvalue weighted by atomic mass is 32.1. The monoisotopic (exact) mass is 325 g/mol. The van der Waals surface area contributed by atoms with Crippen molar-refractivity contribution in [3.63, 3.8) is 0 Å². The lowest BCUT2D eigenvalue weighted by Crippen LogP contribution is -2.39. The lowest BCUT2D eigenvalue weighted by Gasteiger charge is -2.23. The Labute approximate surface area is 137 Å². The van der Waals surface area contributed by atoms with E-state index in [0.29, 0.717) is 13.1 Å². The summed E-state index contributed by atoms with van der Waals surface area (Å²) in [4.78, 5) is 20.0. The first-order chi connectivity index (χ1) is 10.5. The molecular weight excluding hydrogens is 298 g/mol. The summed E-state index contributed by atoms with van der Waals surface area (Å²) in [6.07, 6.45) is 3.31. The smallest absolute Gasteiger partial charge is 0.234 e. The second-order valence-corrected chi connectivity index (χ2v) is 7.06. The summed E-state index contributed by atoms with van der Waals surface area (Å²) in [5.41, 5.74) is 1.08. The summed E-state index contributed by atoms with van der Waals surface area (Å²) in [7, 11) is 1.99. The van der Waals surface area contributed by atoms with Crippen molar-refractivity contribution in [2.75, 3.05) is 26.7 Å². The highest BCUT2D eigenvalue weighted by molar-refractivity contribution is 7.11. The average molecular weight is 325 g/mol. The third-order valence-electron chi connectivity index (χ3n) is 4.16. The van der Waals surface area contributed by atoms with E-state index in [2.05, 4.69) is 29.0 Å². The van der Waals surface area contributed by atoms with Crippen LogP contribution in [0.4, 0.5) is 0 Å². The molecule has 0 aromatic carbocycles. The summed E-state index contributed by atoms with van der Waals surface area (Å²) in [6.45, 7) is 8.14. The molecule has 2 rings (SSSR count). The number of nitrogens with zero attached hydrogens (tertiary/aromatic N) is 2. The first-order valence-corrected chi connectivity index (χ1v) is 8.87. The SMILES string of the molecule is CCc1nc(C)c([C@H](C)N(C)CC(=O)NC[C@@H]2CCCO2)s1. The number of ether oxygens (including phenoxy) is 1. The van der Waals surface area contributed by atoms with E-state index in [1.54, 1.807) is 11.3 Å². The van der Waals surface area contributed by atoms with Crippen molar-refractivity contribution in [3.8, 4) is 0 Å². The summed E-state index contributed by atoms with van der Waals surface area (Å²) in [5, 5.41) is 4.14. The van der Waals surface area contributed by atoms with Gasteiger partial charge in [-0.1, -0.05) is 6.92 Å². The van der Waals surface area contributed by atoms with Crippen LogP contribution in [0, 0.1) is 6.92 Å². The number of amides is 1. The first-order valence-electron chi connectivity index (χ1n) is 8.06. The molecule has 1 aliphatic rings. The van der Waals surface area contributed by atoms with Gasteiger partial charge in [0.25, 0.3) is 0 Å². The fourth-order valence-corrected chi connectivity index (χ4v) is 3.78. The summed E-state index contributed by atoms with van der Waals surface area (Å²) < 4.78 is 5.52. The normalized spacial score (nSPS) is 19.6. The minimum Gasteiger partial charge on any atom is -0.376 e. The molecule has 22 heavy (non-hydrogen) atoms. The number of aryl methyl sites for hydroxylation is 2. The quantitative estimate of drug-likeness (QED) is 0.836. The second kappa shape index (κ2) is 8.04. The highest BCUT2D eigenvalue weighted by Gasteiger charge is 2.21. The molecule has 2 atom stereocenters. The third-order valence-corrected chi connectivity index (χ3v) is 5.64. The van der Waals surface area contributed by atoms with Crippen LogP contribution in [0.5, 0.6) is 0 Å². The minimum atomic E-state index is 0.0581. The van der Waals surface area contributed by atoms with E-state index in [4.69, 9.17) is 4.74 Å². The van der Waals surface area contributed by atoms with Crippen molar-refractivity contribution >= 4 is 17.2 Å². The Balaban J connectivity index is 1.83. The Morgan fingerprint density at radius 1 is 1.59 bits per heavy atom. The summed E-state index contributed by atoms with van der Waals surface area (Å²) >= 11 is 1.75. The Bertz CT molecular complexity index is 498. The lowest BCUT2D eigenvalue weighted by molar-refractivity contribution is -0.122. The van der Waals surface area contributed by atoms with Crippen LogP contribution in [0.1, 0.15) is 48.3 Å². The molecule has 0 unspecified atom stereocenters. The molecule has 1 saturated heterocycles. The number of likely N-dealkylation sites (N-methyl/N-ethyl adjacent to an activating group) is 1. The maximum atomic E-state index is 12.1. The molecule has 0 spiro atoms. The Hall–Kier alpha value is -0.980. The molecule has 6 heteroatoms. The van der Waals surface area contributed by atoms with E-state index >= 15 is 0 Å². The van der Waals surface area contributed by atoms with Gasteiger partial charge < -0.3 is 10.1 Å². The van der Waals surface area contributed by atoms with Crippen LogP contribution < -0.4 is 5.32 Å². The number of nitrogens with one attached hydrogen (secondary N) is 1. The number of hydrogen-bond donors (Lipinski definition) is 1. The summed E-state index contributed by atoms with van der Waals surface area (Å²) in [5.74, 6) is 0.0581. The zero-order chi connectivity index (χ0) is 16.1. The van der Waals surface area contributed by atoms with E-state index < -0.39 is 0 Å². The van der Waals surface area contributed by atoms with Crippen molar-refractivity contribution in [3.05, 3.63) is 15.6 Å². The van der Waals surface area contributed by atoms with Gasteiger partial charge >= 0.3 is 0 Å². The molecule has 1 aliphatic heterocycles. The van der Waals surface area contributed by atoms with E-state index in [-0.39, 0.29) is 18.1 Å². The predicted octanol–water partition coefficient (Wildman–Crippen LogP) is 2.30. The fourth-order valence-electron chi connectivity index (χ4n) is 2.66. The Morgan fingerprint density at radius 2 is 2.36 bits per heavy atom. The van der Waals surface area contributed by atoms with Gasteiger partial charge in [0.05, 0.1) is 23.4 Å². The number of carbonyl (C=O) groups excluding carboxylic acids is 1. The van der Waals surface area contributed by atoms with Crippen molar-refractivity contribution in [1.82, 2.24) is 15.2 Å². The van der Waals surface area contributed by atoms with Crippen molar-refractivity contribution in [2.45, 2.75) is 52.2 Å². The van der Waals surface area contributed by atoms with Crippen LogP contribution >= 0.6 is 11.3 Å². The van der Waals surface area contributed by atoms with Gasteiger partial charge in [0.1, 0.15) is 0 Å². The van der Waals surface area contributed by atoms with Crippen LogP contribution in [0.2, 0.25) is 0 Å². The first kappa shape index (κ1) is 17.4. The molecule has 0 saturated carbocycles. The molecule has 0 radical (unpaired) electrons. The van der Waals surface area contributed by atoms with Gasteiger partial charge in [-0.2, -0.15) is 0 Å². The van der Waals surface area contributed by atoms with Gasteiger partial charge in [0, 0.05) is 24.1 Å². The van der Waals surface area contributed by atoms with E-state index in [9.17, 15) is 4.79 Å². The van der Waals surface area contributed by atoms with Crippen molar-refractivity contribution in [1.29, 1.82) is 0 Å². The molecule has 0 aliphatic carbocycles. The highest BCUT2D eigenvalue weighted by Crippen LogP contribution is 2.28. The lowest BCUT2D eigenvalue weighted by atomic mass is 10.2. The number of hydrogen-bond acceptors (Lipinski definition) is 5. The topological polar surface area (TPSA) is 54.5 Å². The molecule has 0 bridgehead atoms. The van der Waals surface area contributed by atoms with Crippen molar-refractivity contribution < 1.29 is 9.53 Å². The van der Waals surface area contributed by atoms with Gasteiger partial charge in [-0.15, -0.1) is 11.3 Å². The predicted molar refractivity (Wildman–Crippen MR) is 89.3 cm³/mol. The number of thiazole rings is 1. The zero-order valence-electron chi connectivity index (χ0n) is 14.0. The number of carbonyl (C=O) groups is 1. The van der Waals surface area contributed by atoms with Crippen LogP contribution in [0.15, 0.2) is 0 Å². The van der Waals surface area contributed by atoms with Crippen LogP contribution in [0.3, 0.4) is 0 Å².